The van der Waals surface area contributed by atoms with Gasteiger partial charge in [0.25, 0.3) is 5.69 Å². The quantitative estimate of drug-likeness (QED) is 0.391. The van der Waals surface area contributed by atoms with Crippen LogP contribution in [0, 0.1) is 10.1 Å². The molecule has 0 aromatic heterocycles. The Morgan fingerprint density at radius 3 is 2.19 bits per heavy atom. The molecule has 0 radical (unpaired) electrons. The molecule has 2 rings (SSSR count). The number of halogens is 7. The van der Waals surface area contributed by atoms with E-state index in [0.29, 0.717) is 12.1 Å². The van der Waals surface area contributed by atoms with E-state index in [1.54, 1.807) is 0 Å². The van der Waals surface area contributed by atoms with Gasteiger partial charge in [0.1, 0.15) is 11.3 Å². The van der Waals surface area contributed by atoms with Crippen molar-refractivity contribution < 1.29 is 40.4 Å². The fraction of sp³-hybridized carbons (Fsp3) is 0.200. The van der Waals surface area contributed by atoms with E-state index in [4.69, 9.17) is 0 Å². The highest BCUT2D eigenvalue weighted by Crippen LogP contribution is 2.38. The number of hydrogen-bond acceptors (Lipinski definition) is 4. The second kappa shape index (κ2) is 7.29. The minimum Gasteiger partial charge on any atom is -0.428 e. The maximum absolute atomic E-state index is 12.9. The van der Waals surface area contributed by atoms with Crippen LogP contribution >= 0.6 is 0 Å². The standard InChI is InChI=1S/C15H9F7N2O3/c16-13(17)15(21,22)27-10-3-1-2-8(6-10)23-9-4-5-12(24(25)26)11(7-9)14(18,19)20/h1-7,13,23H. The number of alkyl halides is 7. The zero-order valence-corrected chi connectivity index (χ0v) is 12.9. The highest BCUT2D eigenvalue weighted by atomic mass is 19.4. The van der Waals surface area contributed by atoms with E-state index in [2.05, 4.69) is 10.1 Å². The van der Waals surface area contributed by atoms with Gasteiger partial charge in [0.15, 0.2) is 0 Å². The van der Waals surface area contributed by atoms with Gasteiger partial charge in [0.2, 0.25) is 0 Å². The molecule has 0 atom stereocenters. The molecule has 0 bridgehead atoms. The molecule has 0 unspecified atom stereocenters. The second-order valence-electron chi connectivity index (χ2n) is 5.10. The Labute approximate surface area is 146 Å². The van der Waals surface area contributed by atoms with Crippen molar-refractivity contribution in [3.05, 3.63) is 58.1 Å². The minimum absolute atomic E-state index is 0.0699. The maximum atomic E-state index is 12.9. The van der Waals surface area contributed by atoms with Crippen LogP contribution in [0.1, 0.15) is 5.56 Å². The summed E-state index contributed by atoms with van der Waals surface area (Å²) >= 11 is 0. The van der Waals surface area contributed by atoms with Gasteiger partial charge < -0.3 is 10.1 Å². The Bertz CT molecular complexity index is 840. The summed E-state index contributed by atoms with van der Waals surface area (Å²) in [5.41, 5.74) is -3.00. The molecule has 1 N–H and O–H groups in total. The Kier molecular flexibility index (Phi) is 5.47. The van der Waals surface area contributed by atoms with Crippen molar-refractivity contribution in [3.8, 4) is 5.75 Å². The van der Waals surface area contributed by atoms with E-state index in [1.807, 2.05) is 0 Å². The van der Waals surface area contributed by atoms with Crippen LogP contribution in [0.25, 0.3) is 0 Å². The first-order chi connectivity index (χ1) is 12.4. The molecular formula is C15H9F7N2O3. The van der Waals surface area contributed by atoms with Crippen molar-refractivity contribution >= 4 is 17.1 Å². The van der Waals surface area contributed by atoms with E-state index >= 15 is 0 Å². The average Bonchev–Trinajstić information content (AvgIpc) is 2.53. The molecule has 0 aliphatic rings. The van der Waals surface area contributed by atoms with Gasteiger partial charge in [-0.3, -0.25) is 10.1 Å². The van der Waals surface area contributed by atoms with Crippen LogP contribution in [0.4, 0.5) is 47.8 Å². The largest absolute Gasteiger partial charge is 0.461 e. The molecule has 12 heteroatoms. The average molecular weight is 398 g/mol. The summed E-state index contributed by atoms with van der Waals surface area (Å²) < 4.78 is 92.8. The molecule has 0 fully saturated rings. The summed E-state index contributed by atoms with van der Waals surface area (Å²) in [6.07, 6.45) is -13.8. The predicted octanol–water partition coefficient (Wildman–Crippen LogP) is 5.59. The summed E-state index contributed by atoms with van der Waals surface area (Å²) in [6.45, 7) is 0. The summed E-state index contributed by atoms with van der Waals surface area (Å²) in [6, 6.07) is 6.21. The van der Waals surface area contributed by atoms with Gasteiger partial charge >= 0.3 is 18.7 Å². The monoisotopic (exact) mass is 398 g/mol. The molecular weight excluding hydrogens is 389 g/mol. The van der Waals surface area contributed by atoms with E-state index in [-0.39, 0.29) is 11.4 Å². The zero-order valence-electron chi connectivity index (χ0n) is 12.9. The van der Waals surface area contributed by atoms with Crippen molar-refractivity contribution in [2.75, 3.05) is 5.32 Å². The van der Waals surface area contributed by atoms with Crippen LogP contribution in [0.3, 0.4) is 0 Å². The lowest BCUT2D eigenvalue weighted by molar-refractivity contribution is -0.388. The molecule has 27 heavy (non-hydrogen) atoms. The first-order valence-electron chi connectivity index (χ1n) is 6.98. The summed E-state index contributed by atoms with van der Waals surface area (Å²) in [4.78, 5) is 9.51. The number of nitrogens with zero attached hydrogens (tertiary/aromatic N) is 1. The van der Waals surface area contributed by atoms with Gasteiger partial charge in [-0.05, 0) is 24.3 Å². The minimum atomic E-state index is -5.01. The Morgan fingerprint density at radius 2 is 1.63 bits per heavy atom. The van der Waals surface area contributed by atoms with Crippen LogP contribution in [-0.4, -0.2) is 17.5 Å². The number of anilines is 2. The fourth-order valence-corrected chi connectivity index (χ4v) is 2.01. The number of hydrogen-bond donors (Lipinski definition) is 1. The first kappa shape index (κ1) is 20.3. The predicted molar refractivity (Wildman–Crippen MR) is 79.4 cm³/mol. The SMILES string of the molecule is O=[N+]([O-])c1ccc(Nc2cccc(OC(F)(F)C(F)F)c2)cc1C(F)(F)F. The van der Waals surface area contributed by atoms with Crippen LogP contribution in [0.5, 0.6) is 5.75 Å². The van der Waals surface area contributed by atoms with Crippen molar-refractivity contribution in [2.45, 2.75) is 18.7 Å². The van der Waals surface area contributed by atoms with Crippen molar-refractivity contribution in [2.24, 2.45) is 0 Å². The number of benzene rings is 2. The van der Waals surface area contributed by atoms with Crippen LogP contribution < -0.4 is 10.1 Å². The number of nitrogens with one attached hydrogen (secondary N) is 1. The lowest BCUT2D eigenvalue weighted by atomic mass is 10.1. The molecule has 0 aliphatic heterocycles. The van der Waals surface area contributed by atoms with E-state index < -0.39 is 40.6 Å². The molecule has 0 spiro atoms. The van der Waals surface area contributed by atoms with Gasteiger partial charge in [-0.15, -0.1) is 0 Å². The number of nitro benzene ring substituents is 1. The van der Waals surface area contributed by atoms with Gasteiger partial charge in [-0.25, -0.2) is 0 Å². The molecule has 0 amide bonds. The molecule has 5 nitrogen and oxygen atoms in total. The molecule has 0 aliphatic carbocycles. The molecule has 0 saturated heterocycles. The Balaban J connectivity index is 2.30. The number of ether oxygens (including phenoxy) is 1. The van der Waals surface area contributed by atoms with Crippen molar-refractivity contribution in [3.63, 3.8) is 0 Å². The van der Waals surface area contributed by atoms with Crippen molar-refractivity contribution in [1.29, 1.82) is 0 Å². The lowest BCUT2D eigenvalue weighted by Gasteiger charge is -2.17. The van der Waals surface area contributed by atoms with Crippen LogP contribution in [-0.2, 0) is 6.18 Å². The number of rotatable bonds is 6. The lowest BCUT2D eigenvalue weighted by Crippen LogP contribution is -2.33. The Morgan fingerprint density at radius 1 is 1.00 bits per heavy atom. The third-order valence-electron chi connectivity index (χ3n) is 3.13. The van der Waals surface area contributed by atoms with Gasteiger partial charge in [0, 0.05) is 23.5 Å². The summed E-state index contributed by atoms with van der Waals surface area (Å²) in [5.74, 6) is -0.664. The molecule has 2 aromatic rings. The van der Waals surface area contributed by atoms with E-state index in [0.717, 1.165) is 24.3 Å². The van der Waals surface area contributed by atoms with E-state index in [9.17, 15) is 40.8 Å². The van der Waals surface area contributed by atoms with Crippen LogP contribution in [0.2, 0.25) is 0 Å². The highest BCUT2D eigenvalue weighted by molar-refractivity contribution is 5.64. The second-order valence-corrected chi connectivity index (χ2v) is 5.10. The third-order valence-corrected chi connectivity index (χ3v) is 3.13. The topological polar surface area (TPSA) is 64.4 Å². The first-order valence-corrected chi connectivity index (χ1v) is 6.98. The van der Waals surface area contributed by atoms with Gasteiger partial charge in [-0.1, -0.05) is 6.07 Å². The Hall–Kier alpha value is -3.05. The van der Waals surface area contributed by atoms with Crippen LogP contribution in [0.15, 0.2) is 42.5 Å². The summed E-state index contributed by atoms with van der Waals surface area (Å²) in [5, 5.41) is 13.1. The fourth-order valence-electron chi connectivity index (χ4n) is 2.01. The zero-order chi connectivity index (χ0) is 20.4. The van der Waals surface area contributed by atoms with Crippen molar-refractivity contribution in [1.82, 2.24) is 0 Å². The summed E-state index contributed by atoms with van der Waals surface area (Å²) in [7, 11) is 0. The molecule has 2 aromatic carbocycles. The third kappa shape index (κ3) is 4.99. The van der Waals surface area contributed by atoms with Gasteiger partial charge in [-0.2, -0.15) is 30.7 Å². The van der Waals surface area contributed by atoms with Gasteiger partial charge in [0.05, 0.1) is 4.92 Å². The maximum Gasteiger partial charge on any atom is 0.461 e. The molecule has 0 saturated carbocycles. The normalized spacial score (nSPS) is 12.1. The van der Waals surface area contributed by atoms with E-state index in [1.165, 1.54) is 6.07 Å². The highest BCUT2D eigenvalue weighted by Gasteiger charge is 2.44. The molecule has 0 heterocycles. The molecule has 146 valence electrons. The number of nitro groups is 1. The smallest absolute Gasteiger partial charge is 0.428 e.